The zero-order chi connectivity index (χ0) is 20.9. The number of benzene rings is 2. The number of carbonyl (C=O) groups is 1. The molecule has 1 amide bonds. The standard InChI is InChI=1S/C22H19FN4O2S/c1-15-2-4-16(5-3-15)11-27-14-24-22(26-27)25-21(28)20-10-17(13-30-20)12-29-19-8-6-18(23)7-9-19/h2-10,13-14H,11-12H2,1H3,(H,25,26,28). The molecule has 30 heavy (non-hydrogen) atoms. The molecule has 152 valence electrons. The first kappa shape index (κ1) is 19.8. The van der Waals surface area contributed by atoms with E-state index in [9.17, 15) is 9.18 Å². The van der Waals surface area contributed by atoms with Crippen LogP contribution in [0.1, 0.15) is 26.4 Å². The van der Waals surface area contributed by atoms with Crippen LogP contribution in [0.3, 0.4) is 0 Å². The zero-order valence-electron chi connectivity index (χ0n) is 16.2. The zero-order valence-corrected chi connectivity index (χ0v) is 17.0. The van der Waals surface area contributed by atoms with Gasteiger partial charge in [0.05, 0.1) is 11.4 Å². The predicted octanol–water partition coefficient (Wildman–Crippen LogP) is 4.67. The number of nitrogens with zero attached hydrogens (tertiary/aromatic N) is 3. The summed E-state index contributed by atoms with van der Waals surface area (Å²) in [6.45, 7) is 2.91. The third-order valence-electron chi connectivity index (χ3n) is 4.32. The molecular formula is C22H19FN4O2S. The molecule has 2 aromatic carbocycles. The molecule has 0 saturated heterocycles. The molecule has 2 aromatic heterocycles. The molecule has 8 heteroatoms. The van der Waals surface area contributed by atoms with E-state index in [1.807, 2.05) is 36.6 Å². The third kappa shape index (κ3) is 5.09. The summed E-state index contributed by atoms with van der Waals surface area (Å²) >= 11 is 1.31. The molecule has 0 radical (unpaired) electrons. The molecule has 4 rings (SSSR count). The normalized spacial score (nSPS) is 10.7. The minimum atomic E-state index is -0.313. The second-order valence-corrected chi connectivity index (χ2v) is 7.68. The Morgan fingerprint density at radius 3 is 2.67 bits per heavy atom. The summed E-state index contributed by atoms with van der Waals surface area (Å²) in [5, 5.41) is 8.87. The van der Waals surface area contributed by atoms with Crippen molar-refractivity contribution in [1.29, 1.82) is 0 Å². The maximum atomic E-state index is 12.9. The summed E-state index contributed by atoms with van der Waals surface area (Å²) in [5.74, 6) is 0.231. The van der Waals surface area contributed by atoms with E-state index in [1.54, 1.807) is 29.2 Å². The molecule has 0 fully saturated rings. The number of hydrogen-bond acceptors (Lipinski definition) is 5. The fraction of sp³-hybridized carbons (Fsp3) is 0.136. The maximum Gasteiger partial charge on any atom is 0.268 e. The number of nitrogens with one attached hydrogen (secondary N) is 1. The Bertz CT molecular complexity index is 1140. The van der Waals surface area contributed by atoms with Crippen molar-refractivity contribution in [2.75, 3.05) is 5.32 Å². The van der Waals surface area contributed by atoms with Crippen LogP contribution in [0.15, 0.2) is 66.3 Å². The number of ether oxygens (including phenoxy) is 1. The average Bonchev–Trinajstić information content (AvgIpc) is 3.39. The van der Waals surface area contributed by atoms with E-state index in [0.29, 0.717) is 23.8 Å². The first-order valence-corrected chi connectivity index (χ1v) is 10.2. The fourth-order valence-corrected chi connectivity index (χ4v) is 3.53. The number of hydrogen-bond donors (Lipinski definition) is 1. The van der Waals surface area contributed by atoms with Crippen molar-refractivity contribution in [2.24, 2.45) is 0 Å². The lowest BCUT2D eigenvalue weighted by molar-refractivity contribution is 0.102. The van der Waals surface area contributed by atoms with Gasteiger partial charge in [0.2, 0.25) is 5.95 Å². The number of halogens is 1. The molecule has 0 unspecified atom stereocenters. The van der Waals surface area contributed by atoms with Gasteiger partial charge < -0.3 is 4.74 Å². The van der Waals surface area contributed by atoms with Crippen molar-refractivity contribution in [3.05, 3.63) is 93.7 Å². The molecule has 0 spiro atoms. The molecule has 0 aliphatic heterocycles. The van der Waals surface area contributed by atoms with E-state index in [2.05, 4.69) is 15.4 Å². The van der Waals surface area contributed by atoms with Crippen LogP contribution in [-0.2, 0) is 13.2 Å². The number of aryl methyl sites for hydroxylation is 1. The van der Waals surface area contributed by atoms with Gasteiger partial charge in [-0.15, -0.1) is 16.4 Å². The molecule has 0 bridgehead atoms. The van der Waals surface area contributed by atoms with E-state index in [-0.39, 0.29) is 17.7 Å². The second-order valence-electron chi connectivity index (χ2n) is 6.77. The van der Waals surface area contributed by atoms with E-state index in [0.717, 1.165) is 11.1 Å². The van der Waals surface area contributed by atoms with Gasteiger partial charge in [-0.3, -0.25) is 10.1 Å². The minimum Gasteiger partial charge on any atom is -0.489 e. The molecular weight excluding hydrogens is 403 g/mol. The van der Waals surface area contributed by atoms with Crippen molar-refractivity contribution in [1.82, 2.24) is 14.8 Å². The van der Waals surface area contributed by atoms with Gasteiger partial charge in [0.1, 0.15) is 24.5 Å². The molecule has 0 saturated carbocycles. The molecule has 1 N–H and O–H groups in total. The topological polar surface area (TPSA) is 69.0 Å². The Hall–Kier alpha value is -3.52. The van der Waals surface area contributed by atoms with E-state index >= 15 is 0 Å². The molecule has 0 aliphatic rings. The van der Waals surface area contributed by atoms with Crippen molar-refractivity contribution >= 4 is 23.2 Å². The average molecular weight is 422 g/mol. The fourth-order valence-electron chi connectivity index (χ4n) is 2.74. The van der Waals surface area contributed by atoms with Gasteiger partial charge in [0.15, 0.2) is 0 Å². The largest absolute Gasteiger partial charge is 0.489 e. The van der Waals surface area contributed by atoms with Crippen molar-refractivity contribution < 1.29 is 13.9 Å². The van der Waals surface area contributed by atoms with Crippen molar-refractivity contribution in [3.8, 4) is 5.75 Å². The van der Waals surface area contributed by atoms with Gasteiger partial charge in [0.25, 0.3) is 5.91 Å². The van der Waals surface area contributed by atoms with E-state index in [1.165, 1.54) is 29.0 Å². The SMILES string of the molecule is Cc1ccc(Cn2cnc(NC(=O)c3cc(COc4ccc(F)cc4)cs3)n2)cc1. The summed E-state index contributed by atoms with van der Waals surface area (Å²) in [6.07, 6.45) is 1.59. The Kier molecular flexibility index (Phi) is 5.85. The Balaban J connectivity index is 1.32. The van der Waals surface area contributed by atoms with Crippen LogP contribution in [0.25, 0.3) is 0 Å². The molecule has 2 heterocycles. The Labute approximate surface area is 177 Å². The van der Waals surface area contributed by atoms with Crippen LogP contribution in [-0.4, -0.2) is 20.7 Å². The third-order valence-corrected chi connectivity index (χ3v) is 5.30. The van der Waals surface area contributed by atoms with E-state index < -0.39 is 0 Å². The van der Waals surface area contributed by atoms with Crippen LogP contribution < -0.4 is 10.1 Å². The first-order valence-electron chi connectivity index (χ1n) is 9.27. The minimum absolute atomic E-state index is 0.254. The molecule has 0 atom stereocenters. The summed E-state index contributed by atoms with van der Waals surface area (Å²) in [6, 6.07) is 15.7. The van der Waals surface area contributed by atoms with Gasteiger partial charge in [-0.25, -0.2) is 14.1 Å². The summed E-state index contributed by atoms with van der Waals surface area (Å²) in [4.78, 5) is 17.2. The highest BCUT2D eigenvalue weighted by molar-refractivity contribution is 7.12. The number of carbonyl (C=O) groups excluding carboxylic acids is 1. The van der Waals surface area contributed by atoms with Gasteiger partial charge in [-0.05, 0) is 48.2 Å². The quantitative estimate of drug-likeness (QED) is 0.470. The van der Waals surface area contributed by atoms with Gasteiger partial charge in [0, 0.05) is 5.56 Å². The summed E-state index contributed by atoms with van der Waals surface area (Å²) in [7, 11) is 0. The van der Waals surface area contributed by atoms with Crippen LogP contribution in [0.4, 0.5) is 10.3 Å². The van der Waals surface area contributed by atoms with Crippen molar-refractivity contribution in [2.45, 2.75) is 20.1 Å². The van der Waals surface area contributed by atoms with Crippen LogP contribution in [0, 0.1) is 12.7 Å². The van der Waals surface area contributed by atoms with Crippen molar-refractivity contribution in [3.63, 3.8) is 0 Å². The summed E-state index contributed by atoms with van der Waals surface area (Å²) < 4.78 is 20.2. The highest BCUT2D eigenvalue weighted by atomic mass is 32.1. The van der Waals surface area contributed by atoms with Crippen LogP contribution in [0.2, 0.25) is 0 Å². The second kappa shape index (κ2) is 8.87. The lowest BCUT2D eigenvalue weighted by Gasteiger charge is -2.04. The highest BCUT2D eigenvalue weighted by Crippen LogP contribution is 2.19. The maximum absolute atomic E-state index is 12.9. The predicted molar refractivity (Wildman–Crippen MR) is 113 cm³/mol. The van der Waals surface area contributed by atoms with Gasteiger partial charge in [-0.1, -0.05) is 29.8 Å². The van der Waals surface area contributed by atoms with Crippen LogP contribution >= 0.6 is 11.3 Å². The highest BCUT2D eigenvalue weighted by Gasteiger charge is 2.12. The Morgan fingerprint density at radius 1 is 1.13 bits per heavy atom. The lowest BCUT2D eigenvalue weighted by atomic mass is 10.1. The van der Waals surface area contributed by atoms with E-state index in [4.69, 9.17) is 4.74 Å². The molecule has 4 aromatic rings. The summed E-state index contributed by atoms with van der Waals surface area (Å²) in [5.41, 5.74) is 3.16. The lowest BCUT2D eigenvalue weighted by Crippen LogP contribution is -2.12. The molecule has 6 nitrogen and oxygen atoms in total. The smallest absolute Gasteiger partial charge is 0.268 e. The van der Waals surface area contributed by atoms with Gasteiger partial charge in [-0.2, -0.15) is 0 Å². The molecule has 0 aliphatic carbocycles. The Morgan fingerprint density at radius 2 is 1.90 bits per heavy atom. The van der Waals surface area contributed by atoms with Crippen LogP contribution in [0.5, 0.6) is 5.75 Å². The number of rotatable bonds is 7. The number of thiophene rings is 1. The first-order chi connectivity index (χ1) is 14.5. The number of amides is 1. The van der Waals surface area contributed by atoms with Gasteiger partial charge >= 0.3 is 0 Å². The monoisotopic (exact) mass is 422 g/mol. The number of anilines is 1. The number of aromatic nitrogens is 3.